The molecule has 16 heavy (non-hydrogen) atoms. The van der Waals surface area contributed by atoms with E-state index in [-0.39, 0.29) is 12.5 Å². The molecule has 88 valence electrons. The molecule has 0 radical (unpaired) electrons. The van der Waals surface area contributed by atoms with Gasteiger partial charge < -0.3 is 15.8 Å². The zero-order chi connectivity index (χ0) is 12.0. The lowest BCUT2D eigenvalue weighted by Gasteiger charge is -2.07. The summed E-state index contributed by atoms with van der Waals surface area (Å²) in [4.78, 5) is 11.3. The van der Waals surface area contributed by atoms with Gasteiger partial charge in [0.15, 0.2) is 0 Å². The van der Waals surface area contributed by atoms with Gasteiger partial charge in [-0.3, -0.25) is 4.79 Å². The van der Waals surface area contributed by atoms with E-state index in [1.54, 1.807) is 0 Å². The molecule has 0 atom stereocenters. The minimum atomic E-state index is -0.415. The van der Waals surface area contributed by atoms with E-state index in [0.29, 0.717) is 23.3 Å². The van der Waals surface area contributed by atoms with Crippen molar-refractivity contribution in [3.05, 3.63) is 28.5 Å². The molecule has 4 nitrogen and oxygen atoms in total. The lowest BCUT2D eigenvalue weighted by molar-refractivity contribution is -0.120. The topological polar surface area (TPSA) is 64.3 Å². The van der Waals surface area contributed by atoms with Crippen LogP contribution in [0.3, 0.4) is 0 Å². The lowest BCUT2D eigenvalue weighted by atomic mass is 10.3. The summed E-state index contributed by atoms with van der Waals surface area (Å²) in [5.41, 5.74) is 5.57. The van der Waals surface area contributed by atoms with E-state index in [1.807, 2.05) is 0 Å². The number of rotatable bonds is 5. The summed E-state index contributed by atoms with van der Waals surface area (Å²) in [6, 6.07) is 4.04. The highest BCUT2D eigenvalue weighted by Crippen LogP contribution is 2.22. The molecule has 6 heteroatoms. The van der Waals surface area contributed by atoms with Crippen molar-refractivity contribution in [2.24, 2.45) is 5.73 Å². The van der Waals surface area contributed by atoms with Gasteiger partial charge in [0, 0.05) is 11.0 Å². The Morgan fingerprint density at radius 3 is 3.00 bits per heavy atom. The quantitative estimate of drug-likeness (QED) is 0.808. The smallest absolute Gasteiger partial charge is 0.250 e. The summed E-state index contributed by atoms with van der Waals surface area (Å²) < 4.78 is 18.4. The highest BCUT2D eigenvalue weighted by Gasteiger charge is 2.06. The van der Waals surface area contributed by atoms with Crippen molar-refractivity contribution in [3.63, 3.8) is 0 Å². The standard InChI is InChI=1S/C10H12BrFN2O2/c11-8-2-1-7(12)5-9(8)14-10(15)6-16-4-3-13/h1-2,5H,3-4,6,13H2,(H,14,15). The largest absolute Gasteiger partial charge is 0.370 e. The number of hydrogen-bond donors (Lipinski definition) is 2. The van der Waals surface area contributed by atoms with Crippen molar-refractivity contribution in [3.8, 4) is 0 Å². The average Bonchev–Trinajstić information content (AvgIpc) is 2.24. The maximum atomic E-state index is 12.9. The van der Waals surface area contributed by atoms with Gasteiger partial charge in [-0.25, -0.2) is 4.39 Å². The number of halogens is 2. The molecule has 1 rings (SSSR count). The van der Waals surface area contributed by atoms with Crippen molar-refractivity contribution in [2.75, 3.05) is 25.1 Å². The Morgan fingerprint density at radius 1 is 1.56 bits per heavy atom. The van der Waals surface area contributed by atoms with E-state index in [4.69, 9.17) is 10.5 Å². The fourth-order valence-corrected chi connectivity index (χ4v) is 1.37. The fourth-order valence-electron chi connectivity index (χ4n) is 1.03. The Balaban J connectivity index is 2.52. The molecule has 0 heterocycles. The molecule has 1 aromatic rings. The summed E-state index contributed by atoms with van der Waals surface area (Å²) in [6.45, 7) is 0.578. The molecule has 0 aliphatic heterocycles. The molecule has 1 amide bonds. The monoisotopic (exact) mass is 290 g/mol. The van der Waals surface area contributed by atoms with Gasteiger partial charge in [0.1, 0.15) is 12.4 Å². The predicted octanol–water partition coefficient (Wildman–Crippen LogP) is 1.50. The first-order chi connectivity index (χ1) is 7.63. The van der Waals surface area contributed by atoms with Gasteiger partial charge >= 0.3 is 0 Å². The van der Waals surface area contributed by atoms with Crippen LogP contribution in [-0.4, -0.2) is 25.7 Å². The van der Waals surface area contributed by atoms with E-state index in [1.165, 1.54) is 18.2 Å². The van der Waals surface area contributed by atoms with Crippen LogP contribution in [0.15, 0.2) is 22.7 Å². The van der Waals surface area contributed by atoms with Crippen LogP contribution in [0.5, 0.6) is 0 Å². The van der Waals surface area contributed by atoms with Gasteiger partial charge in [-0.05, 0) is 34.1 Å². The van der Waals surface area contributed by atoms with Crippen molar-refractivity contribution in [1.29, 1.82) is 0 Å². The van der Waals surface area contributed by atoms with Crippen molar-refractivity contribution >= 4 is 27.5 Å². The molecule has 0 aromatic heterocycles. The van der Waals surface area contributed by atoms with Crippen LogP contribution < -0.4 is 11.1 Å². The van der Waals surface area contributed by atoms with Crippen molar-refractivity contribution in [2.45, 2.75) is 0 Å². The minimum Gasteiger partial charge on any atom is -0.370 e. The van der Waals surface area contributed by atoms with Gasteiger partial charge in [0.25, 0.3) is 0 Å². The molecule has 0 saturated heterocycles. The van der Waals surface area contributed by atoms with Crippen LogP contribution >= 0.6 is 15.9 Å². The highest BCUT2D eigenvalue weighted by atomic mass is 79.9. The SMILES string of the molecule is NCCOCC(=O)Nc1cc(F)ccc1Br. The third-order valence-electron chi connectivity index (χ3n) is 1.70. The average molecular weight is 291 g/mol. The second-order valence-electron chi connectivity index (χ2n) is 3.01. The zero-order valence-electron chi connectivity index (χ0n) is 8.50. The maximum absolute atomic E-state index is 12.9. The van der Waals surface area contributed by atoms with Gasteiger partial charge in [-0.2, -0.15) is 0 Å². The van der Waals surface area contributed by atoms with Crippen LogP contribution in [0.25, 0.3) is 0 Å². The molecular weight excluding hydrogens is 279 g/mol. The summed E-state index contributed by atoms with van der Waals surface area (Å²) in [5.74, 6) is -0.763. The number of amides is 1. The molecule has 0 bridgehead atoms. The normalized spacial score (nSPS) is 10.2. The number of nitrogens with two attached hydrogens (primary N) is 1. The molecule has 3 N–H and O–H groups in total. The van der Waals surface area contributed by atoms with Crippen molar-refractivity contribution < 1.29 is 13.9 Å². The first-order valence-electron chi connectivity index (χ1n) is 4.66. The molecule has 0 saturated carbocycles. The highest BCUT2D eigenvalue weighted by molar-refractivity contribution is 9.10. The molecule has 0 aliphatic carbocycles. The Hall–Kier alpha value is -0.980. The van der Waals surface area contributed by atoms with Crippen LogP contribution in [0, 0.1) is 5.82 Å². The second-order valence-corrected chi connectivity index (χ2v) is 3.87. The molecule has 1 aromatic carbocycles. The van der Waals surface area contributed by atoms with Crippen LogP contribution in [0.4, 0.5) is 10.1 Å². The number of ether oxygens (including phenoxy) is 1. The number of carbonyl (C=O) groups is 1. The zero-order valence-corrected chi connectivity index (χ0v) is 10.1. The molecule has 0 fully saturated rings. The predicted molar refractivity (Wildman–Crippen MR) is 62.6 cm³/mol. The lowest BCUT2D eigenvalue weighted by Crippen LogP contribution is -2.21. The fraction of sp³-hybridized carbons (Fsp3) is 0.300. The summed E-state index contributed by atoms with van der Waals surface area (Å²) in [6.07, 6.45) is 0. The first kappa shape index (κ1) is 13.1. The molecule has 0 unspecified atom stereocenters. The number of anilines is 1. The van der Waals surface area contributed by atoms with E-state index in [0.717, 1.165) is 0 Å². The van der Waals surface area contributed by atoms with E-state index in [9.17, 15) is 9.18 Å². The Bertz CT molecular complexity index is 374. The minimum absolute atomic E-state index is 0.0971. The maximum Gasteiger partial charge on any atom is 0.250 e. The van der Waals surface area contributed by atoms with Gasteiger partial charge in [0.05, 0.1) is 12.3 Å². The molecule has 0 aliphatic rings. The number of nitrogens with one attached hydrogen (secondary N) is 1. The van der Waals surface area contributed by atoms with Crippen LogP contribution in [0.1, 0.15) is 0 Å². The van der Waals surface area contributed by atoms with Crippen LogP contribution in [0.2, 0.25) is 0 Å². The molecule has 0 spiro atoms. The number of hydrogen-bond acceptors (Lipinski definition) is 3. The van der Waals surface area contributed by atoms with E-state index in [2.05, 4.69) is 21.2 Å². The van der Waals surface area contributed by atoms with E-state index < -0.39 is 5.82 Å². The van der Waals surface area contributed by atoms with Crippen molar-refractivity contribution in [1.82, 2.24) is 0 Å². The van der Waals surface area contributed by atoms with E-state index >= 15 is 0 Å². The first-order valence-corrected chi connectivity index (χ1v) is 5.45. The third-order valence-corrected chi connectivity index (χ3v) is 2.39. The summed E-state index contributed by atoms with van der Waals surface area (Å²) >= 11 is 3.20. The van der Waals surface area contributed by atoms with Gasteiger partial charge in [0.2, 0.25) is 5.91 Å². The Labute approximate surface area is 101 Å². The number of benzene rings is 1. The van der Waals surface area contributed by atoms with Crippen LogP contribution in [-0.2, 0) is 9.53 Å². The van der Waals surface area contributed by atoms with Gasteiger partial charge in [-0.1, -0.05) is 0 Å². The summed E-state index contributed by atoms with van der Waals surface area (Å²) in [5, 5.41) is 2.52. The molecular formula is C10H12BrFN2O2. The Kier molecular flexibility index (Phi) is 5.37. The van der Waals surface area contributed by atoms with Gasteiger partial charge in [-0.15, -0.1) is 0 Å². The summed E-state index contributed by atoms with van der Waals surface area (Å²) in [7, 11) is 0. The third kappa shape index (κ3) is 4.26. The number of carbonyl (C=O) groups excluding carboxylic acids is 1. The second kappa shape index (κ2) is 6.57. The Morgan fingerprint density at radius 2 is 2.31 bits per heavy atom.